The number of carboxylic acids is 1. The molecule has 3 rings (SSSR count). The number of aromatic carboxylic acids is 1. The van der Waals surface area contributed by atoms with Crippen LogP contribution in [0.3, 0.4) is 0 Å². The van der Waals surface area contributed by atoms with Crippen molar-refractivity contribution < 1.29 is 19.8 Å². The highest BCUT2D eigenvalue weighted by atomic mass is 32.2. The normalized spacial score (nSPS) is 16.3. The van der Waals surface area contributed by atoms with Crippen molar-refractivity contribution in [2.45, 2.75) is 0 Å². The van der Waals surface area contributed by atoms with E-state index in [2.05, 4.69) is 4.98 Å². The summed E-state index contributed by atoms with van der Waals surface area (Å²) in [6, 6.07) is 7.53. The molecule has 0 bridgehead atoms. The summed E-state index contributed by atoms with van der Waals surface area (Å²) in [5, 5.41) is 18.6. The van der Waals surface area contributed by atoms with Crippen LogP contribution in [0.15, 0.2) is 41.4 Å². The Bertz CT molecular complexity index is 843. The number of phenols is 1. The Labute approximate surface area is 140 Å². The molecule has 8 heteroatoms. The molecule has 2 aromatic rings. The molecule has 1 amide bonds. The summed E-state index contributed by atoms with van der Waals surface area (Å²) in [6.07, 6.45) is 3.42. The van der Waals surface area contributed by atoms with Gasteiger partial charge in [-0.15, -0.1) is 0 Å². The number of nitrogens with zero attached hydrogens (tertiary/aromatic N) is 1. The second-order valence-corrected chi connectivity index (χ2v) is 6.32. The Balaban J connectivity index is 1.98. The largest absolute Gasteiger partial charge is 0.507 e. The lowest BCUT2D eigenvalue weighted by molar-refractivity contribution is -0.113. The molecule has 6 nitrogen and oxygen atoms in total. The molecule has 0 aliphatic carbocycles. The number of thioether (sulfide) groups is 1. The molecule has 1 aliphatic rings. The van der Waals surface area contributed by atoms with Crippen LogP contribution in [0.2, 0.25) is 0 Å². The molecule has 1 aromatic heterocycles. The van der Waals surface area contributed by atoms with Crippen LogP contribution in [0, 0.1) is 0 Å². The molecule has 0 radical (unpaired) electrons. The second-order valence-electron chi connectivity index (χ2n) is 4.65. The molecule has 23 heavy (non-hydrogen) atoms. The van der Waals surface area contributed by atoms with Crippen molar-refractivity contribution in [1.82, 2.24) is 4.98 Å². The maximum absolute atomic E-state index is 12.5. The van der Waals surface area contributed by atoms with Gasteiger partial charge in [-0.25, -0.2) is 4.79 Å². The van der Waals surface area contributed by atoms with E-state index in [1.54, 1.807) is 12.3 Å². The molecule has 2 heterocycles. The summed E-state index contributed by atoms with van der Waals surface area (Å²) >= 11 is 6.35. The zero-order valence-electron chi connectivity index (χ0n) is 11.5. The first kappa shape index (κ1) is 15.3. The van der Waals surface area contributed by atoms with Crippen molar-refractivity contribution in [1.29, 1.82) is 0 Å². The highest BCUT2D eigenvalue weighted by molar-refractivity contribution is 8.27. The Morgan fingerprint density at radius 2 is 2.13 bits per heavy atom. The third-order valence-corrected chi connectivity index (χ3v) is 4.47. The minimum Gasteiger partial charge on any atom is -0.507 e. The van der Waals surface area contributed by atoms with Crippen molar-refractivity contribution >= 4 is 51.9 Å². The maximum Gasteiger partial charge on any atom is 0.339 e. The number of carboxylic acid groups (broad SMARTS) is 1. The number of aromatic nitrogens is 1. The Morgan fingerprint density at radius 3 is 2.78 bits per heavy atom. The van der Waals surface area contributed by atoms with E-state index in [1.807, 2.05) is 12.1 Å². The van der Waals surface area contributed by atoms with Crippen LogP contribution in [0.25, 0.3) is 6.08 Å². The van der Waals surface area contributed by atoms with Crippen LogP contribution < -0.4 is 4.90 Å². The number of amides is 1. The Hall–Kier alpha value is -2.58. The number of benzene rings is 1. The van der Waals surface area contributed by atoms with E-state index in [-0.39, 0.29) is 17.2 Å². The van der Waals surface area contributed by atoms with Crippen LogP contribution in [-0.2, 0) is 4.79 Å². The molecule has 1 aromatic carbocycles. The van der Waals surface area contributed by atoms with Crippen molar-refractivity contribution in [3.05, 3.63) is 52.7 Å². The molecule has 0 spiro atoms. The first-order valence-electron chi connectivity index (χ1n) is 6.45. The van der Waals surface area contributed by atoms with Gasteiger partial charge >= 0.3 is 5.97 Å². The van der Waals surface area contributed by atoms with E-state index in [4.69, 9.17) is 17.3 Å². The van der Waals surface area contributed by atoms with Gasteiger partial charge < -0.3 is 15.2 Å². The van der Waals surface area contributed by atoms with E-state index in [9.17, 15) is 14.7 Å². The zero-order chi connectivity index (χ0) is 16.6. The fourth-order valence-electron chi connectivity index (χ4n) is 2.10. The fourth-order valence-corrected chi connectivity index (χ4v) is 3.39. The van der Waals surface area contributed by atoms with Crippen LogP contribution in [0.4, 0.5) is 5.69 Å². The van der Waals surface area contributed by atoms with E-state index in [0.29, 0.717) is 14.9 Å². The van der Waals surface area contributed by atoms with E-state index >= 15 is 0 Å². The number of H-pyrrole nitrogens is 1. The first-order valence-corrected chi connectivity index (χ1v) is 7.67. The van der Waals surface area contributed by atoms with Crippen molar-refractivity contribution in [3.63, 3.8) is 0 Å². The summed E-state index contributed by atoms with van der Waals surface area (Å²) in [6.45, 7) is 0. The Kier molecular flexibility index (Phi) is 3.93. The van der Waals surface area contributed by atoms with Gasteiger partial charge in [0.25, 0.3) is 5.91 Å². The van der Waals surface area contributed by atoms with Crippen LogP contribution in [-0.4, -0.2) is 31.4 Å². The quantitative estimate of drug-likeness (QED) is 0.584. The van der Waals surface area contributed by atoms with Crippen molar-refractivity contribution in [3.8, 4) is 5.75 Å². The third kappa shape index (κ3) is 2.86. The number of rotatable bonds is 3. The Morgan fingerprint density at radius 1 is 1.35 bits per heavy atom. The van der Waals surface area contributed by atoms with E-state index in [1.165, 1.54) is 23.1 Å². The molecule has 116 valence electrons. The maximum atomic E-state index is 12.5. The smallest absolute Gasteiger partial charge is 0.339 e. The van der Waals surface area contributed by atoms with Gasteiger partial charge in [-0.05, 0) is 36.4 Å². The average molecular weight is 346 g/mol. The molecule has 0 atom stereocenters. The summed E-state index contributed by atoms with van der Waals surface area (Å²) in [7, 11) is 0. The molecular formula is C15H10N2O4S2. The van der Waals surface area contributed by atoms with Gasteiger partial charge in [0.2, 0.25) is 0 Å². The number of hydrogen-bond acceptors (Lipinski definition) is 5. The number of anilines is 1. The van der Waals surface area contributed by atoms with E-state index in [0.717, 1.165) is 17.5 Å². The summed E-state index contributed by atoms with van der Waals surface area (Å²) in [4.78, 5) is 28.3. The molecule has 0 saturated carbocycles. The molecular weight excluding hydrogens is 336 g/mol. The van der Waals surface area contributed by atoms with Gasteiger partial charge in [0.1, 0.15) is 11.3 Å². The second kappa shape index (κ2) is 5.90. The topological polar surface area (TPSA) is 93.6 Å². The van der Waals surface area contributed by atoms with Crippen molar-refractivity contribution in [2.24, 2.45) is 0 Å². The summed E-state index contributed by atoms with van der Waals surface area (Å²) in [5.41, 5.74) is 0.782. The lowest BCUT2D eigenvalue weighted by atomic mass is 10.1. The number of hydrogen-bond donors (Lipinski definition) is 3. The zero-order valence-corrected chi connectivity index (χ0v) is 13.1. The van der Waals surface area contributed by atoms with Crippen LogP contribution in [0.1, 0.15) is 16.1 Å². The predicted octanol–water partition coefficient (Wildman–Crippen LogP) is 2.82. The molecule has 1 saturated heterocycles. The minimum absolute atomic E-state index is 0.287. The monoisotopic (exact) mass is 346 g/mol. The van der Waals surface area contributed by atoms with E-state index < -0.39 is 5.97 Å². The minimum atomic E-state index is -1.28. The van der Waals surface area contributed by atoms with Gasteiger partial charge in [-0.2, -0.15) is 0 Å². The molecule has 1 fully saturated rings. The van der Waals surface area contributed by atoms with Crippen molar-refractivity contribution in [2.75, 3.05) is 4.90 Å². The lowest BCUT2D eigenvalue weighted by Crippen LogP contribution is -2.27. The average Bonchev–Trinajstić information content (AvgIpc) is 3.09. The standard InChI is InChI=1S/C15H10N2O4S2/c18-11-4-3-9(7-10(11)14(20)21)17-13(19)12(23-15(17)22)6-8-2-1-5-16-8/h1-7,16,18H,(H,20,21)/b12-6-. The third-order valence-electron chi connectivity index (χ3n) is 3.17. The highest BCUT2D eigenvalue weighted by Gasteiger charge is 2.34. The van der Waals surface area contributed by atoms with Gasteiger partial charge in [0, 0.05) is 11.9 Å². The predicted molar refractivity (Wildman–Crippen MR) is 91.5 cm³/mol. The molecule has 0 unspecified atom stereocenters. The highest BCUT2D eigenvalue weighted by Crippen LogP contribution is 2.37. The van der Waals surface area contributed by atoms with Gasteiger partial charge in [0.05, 0.1) is 10.6 Å². The molecule has 1 aliphatic heterocycles. The fraction of sp³-hybridized carbons (Fsp3) is 0. The number of aromatic amines is 1. The number of carbonyl (C=O) groups is 2. The van der Waals surface area contributed by atoms with Crippen LogP contribution in [0.5, 0.6) is 5.75 Å². The number of carbonyl (C=O) groups excluding carboxylic acids is 1. The summed E-state index contributed by atoms with van der Waals surface area (Å²) in [5.74, 6) is -1.98. The molecule has 3 N–H and O–H groups in total. The summed E-state index contributed by atoms with van der Waals surface area (Å²) < 4.78 is 0.301. The SMILES string of the molecule is O=C(O)c1cc(N2C(=O)/C(=C/c3ccc[nH]3)SC2=S)ccc1O. The number of aromatic hydroxyl groups is 1. The van der Waals surface area contributed by atoms with Gasteiger partial charge in [-0.1, -0.05) is 24.0 Å². The van der Waals surface area contributed by atoms with Crippen LogP contribution >= 0.6 is 24.0 Å². The number of nitrogens with one attached hydrogen (secondary N) is 1. The first-order chi connectivity index (χ1) is 11.0. The lowest BCUT2D eigenvalue weighted by Gasteiger charge is -2.15. The number of thiocarbonyl (C=S) groups is 1. The van der Waals surface area contributed by atoms with Gasteiger partial charge in [-0.3, -0.25) is 9.69 Å². The van der Waals surface area contributed by atoms with Gasteiger partial charge in [0.15, 0.2) is 4.32 Å².